The second-order valence-corrected chi connectivity index (χ2v) is 1.97. The molecule has 10 heavy (non-hydrogen) atoms. The lowest BCUT2D eigenvalue weighted by molar-refractivity contribution is 1.43. The van der Waals surface area contributed by atoms with Gasteiger partial charge in [-0.3, -0.25) is 4.99 Å². The van der Waals surface area contributed by atoms with E-state index in [1.54, 1.807) is 0 Å². The minimum Gasteiger partial charge on any atom is -0.260 e. The first kappa shape index (κ1) is 9.88. The Balaban J connectivity index is 4.16. The van der Waals surface area contributed by atoms with Crippen LogP contribution in [0.1, 0.15) is 0 Å². The molecule has 0 fully saturated rings. The summed E-state index contributed by atoms with van der Waals surface area (Å²) in [5.41, 5.74) is 0.992. The average Bonchev–Trinajstić information content (AvgIpc) is 1.88. The first-order chi connectivity index (χ1) is 4.70. The normalized spacial score (nSPS) is 14.8. The van der Waals surface area contributed by atoms with E-state index in [0.29, 0.717) is 0 Å². The van der Waals surface area contributed by atoms with Crippen molar-refractivity contribution in [3.8, 4) is 0 Å². The average molecular weight is 200 g/mol. The first-order valence-electron chi connectivity index (χ1n) is 2.20. The van der Waals surface area contributed by atoms with Crippen LogP contribution in [0.5, 0.6) is 0 Å². The largest absolute Gasteiger partial charge is 0.260 e. The molecule has 0 unspecified atom stereocenters. The van der Waals surface area contributed by atoms with Crippen molar-refractivity contribution in [3.05, 3.63) is 0 Å². The number of halogens is 3. The third kappa shape index (κ3) is 4.73. The number of rotatable bonds is 0. The lowest BCUT2D eigenvalue weighted by Gasteiger charge is -1.84. The Morgan fingerprint density at radius 3 is 2.30 bits per heavy atom. The summed E-state index contributed by atoms with van der Waals surface area (Å²) < 4.78 is 0. The fourth-order valence-electron chi connectivity index (χ4n) is 0.195. The maximum atomic E-state index is 5.36. The third-order valence-electron chi connectivity index (χ3n) is 0.524. The zero-order valence-corrected chi connectivity index (χ0v) is 7.32. The second kappa shape index (κ2) is 5.65. The lowest BCUT2D eigenvalue weighted by atomic mass is 11.1. The molecule has 0 aromatic carbocycles. The summed E-state index contributed by atoms with van der Waals surface area (Å²) in [6.07, 6.45) is 0. The van der Waals surface area contributed by atoms with Crippen LogP contribution in [0, 0.1) is 0 Å². The molecule has 0 atom stereocenters. The third-order valence-corrected chi connectivity index (χ3v) is 1.06. The van der Waals surface area contributed by atoms with Crippen molar-refractivity contribution in [1.29, 1.82) is 0 Å². The Bertz CT molecular complexity index is 184. The Hall–Kier alpha value is -0.120. The zero-order chi connectivity index (χ0) is 7.98. The van der Waals surface area contributed by atoms with E-state index in [4.69, 9.17) is 34.8 Å². The molecule has 0 amide bonds. The summed E-state index contributed by atoms with van der Waals surface area (Å²) in [5.74, 6) is 0. The Morgan fingerprint density at radius 2 is 1.90 bits per heavy atom. The number of hydrogen-bond acceptors (Lipinski definition) is 1. The van der Waals surface area contributed by atoms with Gasteiger partial charge in [0.15, 0.2) is 0 Å². The maximum Gasteiger partial charge on any atom is 0.225 e. The predicted molar refractivity (Wildman–Crippen MR) is 46.8 cm³/mol. The molecule has 0 N–H and O–H groups in total. The van der Waals surface area contributed by atoms with Crippen LogP contribution in [0.3, 0.4) is 0 Å². The minimum absolute atomic E-state index is 0.0345. The molecular weight excluding hydrogens is 196 g/mol. The fraction of sp³-hybridized carbons (Fsp3) is 0.250. The fourth-order valence-corrected chi connectivity index (χ4v) is 0.590. The van der Waals surface area contributed by atoms with Crippen LogP contribution in [0.15, 0.2) is 15.0 Å². The van der Waals surface area contributed by atoms with Crippen molar-refractivity contribution in [2.24, 2.45) is 15.0 Å². The van der Waals surface area contributed by atoms with Crippen molar-refractivity contribution in [2.75, 3.05) is 7.05 Å². The van der Waals surface area contributed by atoms with E-state index < -0.39 is 0 Å². The van der Waals surface area contributed by atoms with E-state index in [0.717, 1.165) is 5.67 Å². The quantitative estimate of drug-likeness (QED) is 0.326. The van der Waals surface area contributed by atoms with Crippen molar-refractivity contribution >= 4 is 51.1 Å². The van der Waals surface area contributed by atoms with Crippen LogP contribution in [0.25, 0.3) is 0 Å². The van der Waals surface area contributed by atoms with Gasteiger partial charge in [0, 0.05) is 7.05 Å². The van der Waals surface area contributed by atoms with E-state index in [1.807, 2.05) is 0 Å². The van der Waals surface area contributed by atoms with Gasteiger partial charge in [-0.15, -0.1) is 0 Å². The Morgan fingerprint density at radius 1 is 1.30 bits per heavy atom. The molecule has 3 nitrogen and oxygen atoms in total. The zero-order valence-electron chi connectivity index (χ0n) is 5.05. The topological polar surface area (TPSA) is 37.1 Å². The predicted octanol–water partition coefficient (Wildman–Crippen LogP) is 2.07. The van der Waals surface area contributed by atoms with Gasteiger partial charge in [0.25, 0.3) is 0 Å². The number of hydrogen-bond donors (Lipinski definition) is 0. The summed E-state index contributed by atoms with van der Waals surface area (Å²) in [6.45, 7) is 0. The highest BCUT2D eigenvalue weighted by Gasteiger charge is 1.89. The van der Waals surface area contributed by atoms with Crippen molar-refractivity contribution in [3.63, 3.8) is 0 Å². The van der Waals surface area contributed by atoms with Gasteiger partial charge in [-0.1, -0.05) is 11.6 Å². The molecule has 0 rings (SSSR count). The Labute approximate surface area is 73.4 Å². The van der Waals surface area contributed by atoms with Gasteiger partial charge in [-0.25, -0.2) is 4.99 Å². The van der Waals surface area contributed by atoms with Crippen LogP contribution < -0.4 is 0 Å². The van der Waals surface area contributed by atoms with Gasteiger partial charge in [-0.05, 0) is 23.2 Å². The number of amidine groups is 2. The van der Waals surface area contributed by atoms with Crippen molar-refractivity contribution in [2.45, 2.75) is 0 Å². The molecule has 0 radical (unpaired) electrons. The molecule has 0 saturated carbocycles. The molecule has 0 aliphatic carbocycles. The maximum absolute atomic E-state index is 5.36. The Kier molecular flexibility index (Phi) is 5.58. The van der Waals surface area contributed by atoms with Crippen LogP contribution in [0.4, 0.5) is 0 Å². The standard InChI is InChI=1S/C4H4Cl3N3/c1-8-3(6)10-4(7)9-2-5/h2H,1H3. The van der Waals surface area contributed by atoms with E-state index in [-0.39, 0.29) is 10.6 Å². The summed E-state index contributed by atoms with van der Waals surface area (Å²) in [6, 6.07) is 0. The van der Waals surface area contributed by atoms with Gasteiger partial charge in [-0.2, -0.15) is 4.99 Å². The molecule has 0 aromatic rings. The highest BCUT2D eigenvalue weighted by molar-refractivity contribution is 6.72. The molecular formula is C4H4Cl3N3. The van der Waals surface area contributed by atoms with E-state index in [2.05, 4.69) is 15.0 Å². The van der Waals surface area contributed by atoms with E-state index in [1.165, 1.54) is 7.05 Å². The molecule has 6 heteroatoms. The van der Waals surface area contributed by atoms with Gasteiger partial charge in [0.1, 0.15) is 0 Å². The van der Waals surface area contributed by atoms with Crippen LogP contribution in [-0.2, 0) is 0 Å². The second-order valence-electron chi connectivity index (χ2n) is 1.10. The van der Waals surface area contributed by atoms with Gasteiger partial charge in [0.05, 0.1) is 5.67 Å². The molecule has 0 aliphatic heterocycles. The molecule has 56 valence electrons. The molecule has 0 aromatic heterocycles. The van der Waals surface area contributed by atoms with Crippen LogP contribution >= 0.6 is 34.8 Å². The SMILES string of the molecule is CN=C(Cl)N=C(Cl)N=CCl. The summed E-state index contributed by atoms with van der Waals surface area (Å²) in [4.78, 5) is 10.4. The molecule has 0 bridgehead atoms. The van der Waals surface area contributed by atoms with Gasteiger partial charge in [0.2, 0.25) is 10.6 Å². The lowest BCUT2D eigenvalue weighted by Crippen LogP contribution is -1.86. The van der Waals surface area contributed by atoms with Crippen LogP contribution in [0.2, 0.25) is 0 Å². The summed E-state index contributed by atoms with van der Waals surface area (Å²) >= 11 is 15.8. The van der Waals surface area contributed by atoms with Crippen molar-refractivity contribution in [1.82, 2.24) is 0 Å². The molecule has 0 heterocycles. The van der Waals surface area contributed by atoms with E-state index >= 15 is 0 Å². The molecule has 0 spiro atoms. The van der Waals surface area contributed by atoms with Crippen LogP contribution in [-0.4, -0.2) is 23.3 Å². The highest BCUT2D eigenvalue weighted by atomic mass is 35.5. The monoisotopic (exact) mass is 199 g/mol. The summed E-state index contributed by atoms with van der Waals surface area (Å²) in [5, 5.41) is -0.0159. The minimum atomic E-state index is -0.0504. The first-order valence-corrected chi connectivity index (χ1v) is 3.39. The number of aliphatic imine (C=N–C) groups is 3. The van der Waals surface area contributed by atoms with Crippen molar-refractivity contribution < 1.29 is 0 Å². The van der Waals surface area contributed by atoms with Gasteiger partial charge < -0.3 is 0 Å². The van der Waals surface area contributed by atoms with E-state index in [9.17, 15) is 0 Å². The molecule has 0 saturated heterocycles. The number of nitrogens with zero attached hydrogens (tertiary/aromatic N) is 3. The molecule has 0 aliphatic rings. The highest BCUT2D eigenvalue weighted by Crippen LogP contribution is 1.93. The van der Waals surface area contributed by atoms with Gasteiger partial charge >= 0.3 is 0 Å². The summed E-state index contributed by atoms with van der Waals surface area (Å²) in [7, 11) is 1.49. The smallest absolute Gasteiger partial charge is 0.225 e.